The maximum atomic E-state index is 14.0. The van der Waals surface area contributed by atoms with Crippen molar-refractivity contribution < 1.29 is 11.3 Å². The van der Waals surface area contributed by atoms with Gasteiger partial charge in [-0.1, -0.05) is 0 Å². The number of rotatable bonds is 4. The fraction of sp³-hybridized carbons (Fsp3) is 0.444. The molecule has 0 radical (unpaired) electrons. The summed E-state index contributed by atoms with van der Waals surface area (Å²) in [7, 11) is 0. The number of carbonyl (C=O) groups excluding carboxylic acids is 1. The van der Waals surface area contributed by atoms with E-state index in [-0.39, 0.29) is 4.31 Å². The summed E-state index contributed by atoms with van der Waals surface area (Å²) in [5.41, 5.74) is 5.81. The Morgan fingerprint density at radius 2 is 1.52 bits per heavy atom. The second kappa shape index (κ2) is 1.56. The van der Waals surface area contributed by atoms with E-state index in [1.165, 1.54) is 16.7 Å². The third-order valence-corrected chi connectivity index (χ3v) is 61.1. The summed E-state index contributed by atoms with van der Waals surface area (Å²) in [5, 5.41) is 0. The monoisotopic (exact) mass is 420 g/mol. The van der Waals surface area contributed by atoms with Crippen LogP contribution in [-0.4, -0.2) is 5.78 Å². The molecule has 146 valence electrons. The Bertz CT molecular complexity index is 1750. The van der Waals surface area contributed by atoms with Crippen LogP contribution in [0.1, 0.15) is 22.3 Å². The Kier molecular flexibility index (Phi) is 0.695. The van der Waals surface area contributed by atoms with Gasteiger partial charge in [0.25, 0.3) is 0 Å². The molecule has 12 rings (SSSR count). The van der Waals surface area contributed by atoms with Crippen molar-refractivity contribution in [2.24, 2.45) is 0 Å². The summed E-state index contributed by atoms with van der Waals surface area (Å²) in [6, 6.07) is 17.9. The molecule has 10 aliphatic heterocycles. The first-order chi connectivity index (χ1) is 13.8. The van der Waals surface area contributed by atoms with Gasteiger partial charge < -0.3 is 0 Å². The molecule has 0 aliphatic carbocycles. The Morgan fingerprint density at radius 1 is 0.862 bits per heavy atom. The number of ketones is 1. The summed E-state index contributed by atoms with van der Waals surface area (Å²) in [5.74, 6) is 0.607. The quantitative estimate of drug-likeness (QED) is 0.395. The molecular weight excluding hydrogens is 396 g/mol. The molecule has 2 aromatic carbocycles. The van der Waals surface area contributed by atoms with Gasteiger partial charge in [0, 0.05) is 0 Å². The van der Waals surface area contributed by atoms with Crippen molar-refractivity contribution in [1.29, 1.82) is 0 Å². The van der Waals surface area contributed by atoms with E-state index in [9.17, 15) is 4.79 Å². The van der Waals surface area contributed by atoms with Crippen LogP contribution < -0.4 is 0 Å². The number of allylic oxidation sites excluding steroid dienone is 1. The molecule has 1 spiro atoms. The van der Waals surface area contributed by atoms with Crippen LogP contribution in [0.4, 0.5) is 0 Å². The predicted octanol–water partition coefficient (Wildman–Crippen LogP) is 6.75. The molecule has 10 heterocycles. The molecule has 0 bridgehead atoms. The first-order valence-electron chi connectivity index (χ1n) is 11.4. The van der Waals surface area contributed by atoms with Crippen LogP contribution in [-0.2, 0) is 15.6 Å². The zero-order valence-electron chi connectivity index (χ0n) is 16.7. The van der Waals surface area contributed by atoms with Gasteiger partial charge in [0.2, 0.25) is 0 Å². The topological polar surface area (TPSA) is 17.1 Å². The third kappa shape index (κ3) is 0.227. The maximum absolute atomic E-state index is 14.0. The van der Waals surface area contributed by atoms with Crippen molar-refractivity contribution in [3.63, 3.8) is 0 Å². The van der Waals surface area contributed by atoms with Crippen molar-refractivity contribution in [1.82, 2.24) is 0 Å². The molecule has 29 heavy (non-hydrogen) atoms. The molecule has 8 atom stereocenters. The standard InChI is InChI=1S/C14H11O.C13H13.Fe/c15-14(13-8-4-5-9-13)11-10-12-6-2-1-3-7-12;1-10-7-8-13(9-11(10)2)12-5-3-4-6-12;/h1-11H;3-9H,1-2H3;. The number of benzene rings is 2. The molecule has 0 amide bonds. The van der Waals surface area contributed by atoms with Crippen LogP contribution in [0.15, 0.2) is 54.6 Å². The summed E-state index contributed by atoms with van der Waals surface area (Å²) in [4.78, 5) is 22.6. The van der Waals surface area contributed by atoms with E-state index in [1.54, 1.807) is 5.56 Å². The summed E-state index contributed by atoms with van der Waals surface area (Å²) >= 11 is 0. The average Bonchev–Trinajstić information content (AvgIpc) is 3.68. The third-order valence-electron chi connectivity index (χ3n) is 18.4. The second-order valence-corrected chi connectivity index (χ2v) is 37.4. The van der Waals surface area contributed by atoms with Crippen LogP contribution in [0.25, 0.3) is 6.08 Å². The van der Waals surface area contributed by atoms with Crippen LogP contribution in [0, 0.1) is 13.8 Å². The van der Waals surface area contributed by atoms with E-state index < -0.39 is 6.51 Å². The van der Waals surface area contributed by atoms with E-state index >= 15 is 0 Å². The van der Waals surface area contributed by atoms with Crippen molar-refractivity contribution in [2.45, 2.75) is 61.0 Å². The molecular formula is C27H24FeO. The predicted molar refractivity (Wildman–Crippen MR) is 111 cm³/mol. The van der Waals surface area contributed by atoms with Crippen LogP contribution >= 0.6 is 0 Å². The Morgan fingerprint density at radius 3 is 2.10 bits per heavy atom. The van der Waals surface area contributed by atoms with Crippen LogP contribution in [0.3, 0.4) is 0 Å². The molecule has 2 aromatic rings. The van der Waals surface area contributed by atoms with Crippen molar-refractivity contribution in [3.05, 3.63) is 76.9 Å². The molecule has 2 heteroatoms. The Labute approximate surface area is 160 Å². The minimum atomic E-state index is -3.77. The van der Waals surface area contributed by atoms with Crippen LogP contribution in [0.5, 0.6) is 0 Å². The molecule has 0 N–H and O–H groups in total. The van der Waals surface area contributed by atoms with E-state index in [4.69, 9.17) is 0 Å². The van der Waals surface area contributed by atoms with Gasteiger partial charge in [-0.3, -0.25) is 0 Å². The molecule has 8 unspecified atom stereocenters. The summed E-state index contributed by atoms with van der Waals surface area (Å²) in [6.07, 6.45) is 4.17. The summed E-state index contributed by atoms with van der Waals surface area (Å²) in [6.45, 7) is 0.771. The van der Waals surface area contributed by atoms with Crippen molar-refractivity contribution in [3.8, 4) is 0 Å². The number of carbonyl (C=O) groups is 1. The van der Waals surface area contributed by atoms with Gasteiger partial charge in [-0.15, -0.1) is 0 Å². The average molecular weight is 420 g/mol. The van der Waals surface area contributed by atoms with Gasteiger partial charge in [0.05, 0.1) is 0 Å². The van der Waals surface area contributed by atoms with Gasteiger partial charge in [-0.25, -0.2) is 0 Å². The number of aryl methyl sites for hydroxylation is 2. The second-order valence-electron chi connectivity index (χ2n) is 14.2. The fourth-order valence-corrected chi connectivity index (χ4v) is 95.7. The molecule has 10 saturated heterocycles. The Hall–Kier alpha value is -1.63. The molecule has 0 saturated carbocycles. The van der Waals surface area contributed by atoms with Gasteiger partial charge in [0.15, 0.2) is 0 Å². The molecule has 10 aliphatic rings. The SMILES string of the molecule is Cc1ccc([C]23[CH]4[CH]5[CH]6[CH]2[Fe]56432789[CH]3[CH]2[CH]7[C]8(C(=O)C=Cc2ccccc2)[CH]39)cc1C. The number of hydrogen-bond donors (Lipinski definition) is 0. The van der Waals surface area contributed by atoms with E-state index in [1.807, 2.05) is 6.08 Å². The van der Waals surface area contributed by atoms with Gasteiger partial charge >= 0.3 is 161 Å². The minimum absolute atomic E-state index is 0.262. The van der Waals surface area contributed by atoms with Gasteiger partial charge in [-0.05, 0) is 0 Å². The van der Waals surface area contributed by atoms with Gasteiger partial charge in [0.1, 0.15) is 0 Å². The van der Waals surface area contributed by atoms with E-state index in [0.29, 0.717) is 10.1 Å². The Balaban J connectivity index is 1.15. The van der Waals surface area contributed by atoms with Gasteiger partial charge in [-0.2, -0.15) is 0 Å². The molecule has 10 fully saturated rings. The molecule has 1 nitrogen and oxygen atoms in total. The zero-order chi connectivity index (χ0) is 18.9. The van der Waals surface area contributed by atoms with E-state index in [2.05, 4.69) is 68.5 Å². The first kappa shape index (κ1) is 12.9. The first-order valence-corrected chi connectivity index (χ1v) is 17.6. The zero-order valence-corrected chi connectivity index (χ0v) is 17.8. The normalized spacial score (nSPS) is 77.3. The van der Waals surface area contributed by atoms with Crippen molar-refractivity contribution in [2.75, 3.05) is 0 Å². The van der Waals surface area contributed by atoms with Crippen molar-refractivity contribution >= 4 is 11.9 Å². The number of fused-ring (bicyclic) bond motifs is 10. The summed E-state index contributed by atoms with van der Waals surface area (Å²) < 4.78 is 0.877. The molecule has 0 aromatic heterocycles. The van der Waals surface area contributed by atoms with E-state index in [0.717, 1.165) is 38.5 Å². The fourth-order valence-electron chi connectivity index (χ4n) is 19.9. The van der Waals surface area contributed by atoms with Crippen LogP contribution in [0.2, 0.25) is 42.8 Å². The number of hydrogen-bond acceptors (Lipinski definition) is 1.